The molecule has 3 rings (SSSR count). The van der Waals surface area contributed by atoms with Crippen molar-refractivity contribution in [1.82, 2.24) is 0 Å². The predicted octanol–water partition coefficient (Wildman–Crippen LogP) is 4.90. The first-order valence-electron chi connectivity index (χ1n) is 7.26. The summed E-state index contributed by atoms with van der Waals surface area (Å²) >= 11 is 6.62. The lowest BCUT2D eigenvalue weighted by Gasteiger charge is -2.12. The zero-order valence-corrected chi connectivity index (χ0v) is 12.5. The second kappa shape index (κ2) is 5.88. The van der Waals surface area contributed by atoms with Crippen LogP contribution in [0.2, 0.25) is 0 Å². The third-order valence-corrected chi connectivity index (χ3v) is 4.32. The van der Waals surface area contributed by atoms with E-state index in [1.54, 1.807) is 0 Å². The highest BCUT2D eigenvalue weighted by atomic mass is 35.5. The fourth-order valence-corrected chi connectivity index (χ4v) is 2.98. The highest BCUT2D eigenvalue weighted by molar-refractivity contribution is 6.22. The van der Waals surface area contributed by atoms with Gasteiger partial charge >= 0.3 is 0 Å². The van der Waals surface area contributed by atoms with E-state index in [9.17, 15) is 0 Å². The first-order chi connectivity index (χ1) is 9.78. The molecule has 20 heavy (non-hydrogen) atoms. The number of aryl methyl sites for hydroxylation is 1. The van der Waals surface area contributed by atoms with Crippen LogP contribution in [0, 0.1) is 0 Å². The van der Waals surface area contributed by atoms with Crippen LogP contribution in [0.3, 0.4) is 0 Å². The van der Waals surface area contributed by atoms with Gasteiger partial charge in [-0.2, -0.15) is 0 Å². The van der Waals surface area contributed by atoms with Gasteiger partial charge < -0.3 is 4.74 Å². The van der Waals surface area contributed by atoms with Crippen molar-refractivity contribution in [1.29, 1.82) is 0 Å². The first-order valence-corrected chi connectivity index (χ1v) is 7.70. The number of rotatable bonds is 4. The van der Waals surface area contributed by atoms with E-state index in [0.717, 1.165) is 36.3 Å². The summed E-state index contributed by atoms with van der Waals surface area (Å²) in [7, 11) is 0. The topological polar surface area (TPSA) is 9.23 Å². The molecule has 2 heteroatoms. The number of halogens is 1. The Hall–Kier alpha value is -1.47. The summed E-state index contributed by atoms with van der Waals surface area (Å²) < 4.78 is 5.54. The minimum atomic E-state index is -0.0865. The largest absolute Gasteiger partial charge is 0.493 e. The Bertz CT molecular complexity index is 589. The number of hydrogen-bond donors (Lipinski definition) is 0. The quantitative estimate of drug-likeness (QED) is 0.726. The van der Waals surface area contributed by atoms with Gasteiger partial charge in [0.15, 0.2) is 0 Å². The molecule has 2 aromatic rings. The average Bonchev–Trinajstić information content (AvgIpc) is 2.95. The van der Waals surface area contributed by atoms with Gasteiger partial charge in [0.25, 0.3) is 0 Å². The lowest BCUT2D eigenvalue weighted by atomic mass is 9.99. The molecule has 1 nitrogen and oxygen atoms in total. The fourth-order valence-electron chi connectivity index (χ4n) is 2.70. The van der Waals surface area contributed by atoms with Crippen LogP contribution < -0.4 is 4.74 Å². The lowest BCUT2D eigenvalue weighted by molar-refractivity contribution is 0.357. The van der Waals surface area contributed by atoms with E-state index in [4.69, 9.17) is 16.3 Å². The molecule has 0 saturated carbocycles. The molecule has 104 valence electrons. The minimum Gasteiger partial charge on any atom is -0.493 e. The van der Waals surface area contributed by atoms with Gasteiger partial charge in [-0.05, 0) is 34.7 Å². The van der Waals surface area contributed by atoms with E-state index < -0.39 is 0 Å². The molecule has 0 radical (unpaired) electrons. The molecule has 0 amide bonds. The predicted molar refractivity (Wildman–Crippen MR) is 83.8 cm³/mol. The molecule has 0 spiro atoms. The summed E-state index contributed by atoms with van der Waals surface area (Å²) in [6.45, 7) is 2.99. The molecule has 2 aromatic carbocycles. The van der Waals surface area contributed by atoms with Gasteiger partial charge in [0.1, 0.15) is 5.75 Å². The minimum absolute atomic E-state index is 0.0865. The van der Waals surface area contributed by atoms with Crippen LogP contribution in [0.5, 0.6) is 5.75 Å². The maximum atomic E-state index is 6.62. The SMILES string of the molecule is CCCc1ccc(C(Cl)c2ccc3c(c2)CCO3)cc1. The van der Waals surface area contributed by atoms with E-state index >= 15 is 0 Å². The standard InChI is InChI=1S/C18H19ClO/c1-2-3-13-4-6-14(7-5-13)18(19)16-8-9-17-15(12-16)10-11-20-17/h4-9,12,18H,2-3,10-11H2,1H3. The Morgan fingerprint density at radius 1 is 1.10 bits per heavy atom. The van der Waals surface area contributed by atoms with Crippen molar-refractivity contribution in [3.63, 3.8) is 0 Å². The van der Waals surface area contributed by atoms with E-state index in [1.807, 2.05) is 6.07 Å². The van der Waals surface area contributed by atoms with E-state index in [0.29, 0.717) is 0 Å². The van der Waals surface area contributed by atoms with Gasteiger partial charge in [-0.25, -0.2) is 0 Å². The molecular formula is C18H19ClO. The van der Waals surface area contributed by atoms with Crippen LogP contribution in [-0.2, 0) is 12.8 Å². The summed E-state index contributed by atoms with van der Waals surface area (Å²) in [5, 5.41) is -0.0865. The van der Waals surface area contributed by atoms with Crippen molar-refractivity contribution < 1.29 is 4.74 Å². The summed E-state index contributed by atoms with van der Waals surface area (Å²) in [6.07, 6.45) is 3.29. The van der Waals surface area contributed by atoms with Crippen molar-refractivity contribution in [3.05, 3.63) is 64.7 Å². The van der Waals surface area contributed by atoms with Gasteiger partial charge in [0, 0.05) is 6.42 Å². The van der Waals surface area contributed by atoms with Crippen molar-refractivity contribution >= 4 is 11.6 Å². The van der Waals surface area contributed by atoms with Crippen LogP contribution in [0.25, 0.3) is 0 Å². The molecule has 0 saturated heterocycles. The smallest absolute Gasteiger partial charge is 0.122 e. The van der Waals surface area contributed by atoms with Gasteiger partial charge in [0.05, 0.1) is 12.0 Å². The molecule has 0 aliphatic carbocycles. The van der Waals surface area contributed by atoms with Crippen LogP contribution in [0.1, 0.15) is 41.0 Å². The van der Waals surface area contributed by atoms with Gasteiger partial charge in [-0.3, -0.25) is 0 Å². The number of fused-ring (bicyclic) bond motifs is 1. The number of benzene rings is 2. The van der Waals surface area contributed by atoms with E-state index in [-0.39, 0.29) is 5.38 Å². The average molecular weight is 287 g/mol. The molecule has 1 heterocycles. The van der Waals surface area contributed by atoms with Gasteiger partial charge in [-0.1, -0.05) is 49.7 Å². The third kappa shape index (κ3) is 2.69. The highest BCUT2D eigenvalue weighted by Gasteiger charge is 2.16. The third-order valence-electron chi connectivity index (χ3n) is 3.82. The van der Waals surface area contributed by atoms with E-state index in [1.165, 1.54) is 17.5 Å². The van der Waals surface area contributed by atoms with Crippen LogP contribution >= 0.6 is 11.6 Å². The molecule has 0 fully saturated rings. The second-order valence-corrected chi connectivity index (χ2v) is 5.76. The van der Waals surface area contributed by atoms with Crippen molar-refractivity contribution in [2.75, 3.05) is 6.61 Å². The van der Waals surface area contributed by atoms with Crippen molar-refractivity contribution in [2.45, 2.75) is 31.6 Å². The number of alkyl halides is 1. The highest BCUT2D eigenvalue weighted by Crippen LogP contribution is 2.34. The Labute approximate surface area is 125 Å². The first kappa shape index (κ1) is 13.5. The summed E-state index contributed by atoms with van der Waals surface area (Å²) in [5.74, 6) is 1.01. The number of ether oxygens (including phenoxy) is 1. The molecule has 1 unspecified atom stereocenters. The molecular weight excluding hydrogens is 268 g/mol. The zero-order chi connectivity index (χ0) is 13.9. The molecule has 1 atom stereocenters. The van der Waals surface area contributed by atoms with Gasteiger partial charge in [0.2, 0.25) is 0 Å². The second-order valence-electron chi connectivity index (χ2n) is 5.32. The molecule has 0 N–H and O–H groups in total. The maximum absolute atomic E-state index is 6.62. The normalized spacial score (nSPS) is 14.7. The fraction of sp³-hybridized carbons (Fsp3) is 0.333. The van der Waals surface area contributed by atoms with Crippen LogP contribution in [-0.4, -0.2) is 6.61 Å². The Balaban J connectivity index is 1.82. The van der Waals surface area contributed by atoms with E-state index in [2.05, 4.69) is 43.3 Å². The van der Waals surface area contributed by atoms with Crippen molar-refractivity contribution in [3.8, 4) is 5.75 Å². The van der Waals surface area contributed by atoms with Crippen molar-refractivity contribution in [2.24, 2.45) is 0 Å². The molecule has 1 aliphatic rings. The summed E-state index contributed by atoms with van der Waals surface area (Å²) in [4.78, 5) is 0. The van der Waals surface area contributed by atoms with Gasteiger partial charge in [-0.15, -0.1) is 11.6 Å². The lowest BCUT2D eigenvalue weighted by Crippen LogP contribution is -1.95. The summed E-state index contributed by atoms with van der Waals surface area (Å²) in [6, 6.07) is 15.0. The maximum Gasteiger partial charge on any atom is 0.122 e. The molecule has 0 bridgehead atoms. The Morgan fingerprint density at radius 3 is 2.60 bits per heavy atom. The van der Waals surface area contributed by atoms with Crippen LogP contribution in [0.4, 0.5) is 0 Å². The molecule has 1 aliphatic heterocycles. The zero-order valence-electron chi connectivity index (χ0n) is 11.7. The summed E-state index contributed by atoms with van der Waals surface area (Å²) in [5.41, 5.74) is 4.96. The number of hydrogen-bond acceptors (Lipinski definition) is 1. The van der Waals surface area contributed by atoms with Crippen LogP contribution in [0.15, 0.2) is 42.5 Å². The Kier molecular flexibility index (Phi) is 3.98. The Morgan fingerprint density at radius 2 is 1.85 bits per heavy atom. The molecule has 0 aromatic heterocycles. The monoisotopic (exact) mass is 286 g/mol.